The molecule has 0 aliphatic heterocycles. The van der Waals surface area contributed by atoms with Crippen LogP contribution in [0.4, 0.5) is 4.39 Å². The van der Waals surface area contributed by atoms with E-state index in [-0.39, 0.29) is 11.7 Å². The molecule has 2 aromatic carbocycles. The first kappa shape index (κ1) is 17.7. The Bertz CT molecular complexity index is 1120. The zero-order valence-electron chi connectivity index (χ0n) is 14.3. The molecular formula is C20H15ClFN3OS. The number of benzene rings is 2. The zero-order valence-corrected chi connectivity index (χ0v) is 15.9. The van der Waals surface area contributed by atoms with E-state index in [1.807, 2.05) is 29.9 Å². The van der Waals surface area contributed by atoms with Gasteiger partial charge >= 0.3 is 0 Å². The Kier molecular flexibility index (Phi) is 4.68. The molecular weight excluding hydrogens is 385 g/mol. The van der Waals surface area contributed by atoms with E-state index in [2.05, 4.69) is 10.3 Å². The number of hydrogen-bond donors (Lipinski definition) is 1. The maximum absolute atomic E-state index is 13.4. The van der Waals surface area contributed by atoms with E-state index >= 15 is 0 Å². The van der Waals surface area contributed by atoms with E-state index in [0.717, 1.165) is 10.3 Å². The summed E-state index contributed by atoms with van der Waals surface area (Å²) in [6.45, 7) is 0. The summed E-state index contributed by atoms with van der Waals surface area (Å²) in [4.78, 5) is 17.8. The molecule has 4 rings (SSSR count). The SMILES string of the molecule is Cn1ccnc1[C@H](NC(=O)c1cc2cc(F)ccc2s1)c1ccc(Cl)cc1. The Hall–Kier alpha value is -2.70. The number of nitrogens with zero attached hydrogens (tertiary/aromatic N) is 2. The van der Waals surface area contributed by atoms with Crippen molar-refractivity contribution in [2.45, 2.75) is 6.04 Å². The van der Waals surface area contributed by atoms with Gasteiger partial charge in [-0.25, -0.2) is 9.37 Å². The van der Waals surface area contributed by atoms with Crippen LogP contribution in [0.3, 0.4) is 0 Å². The average Bonchev–Trinajstić information content (AvgIpc) is 3.26. The molecule has 4 nitrogen and oxygen atoms in total. The third-order valence-corrected chi connectivity index (χ3v) is 5.66. The maximum atomic E-state index is 13.4. The monoisotopic (exact) mass is 399 g/mol. The topological polar surface area (TPSA) is 46.9 Å². The number of hydrogen-bond acceptors (Lipinski definition) is 3. The molecule has 4 aromatic rings. The number of nitrogens with one attached hydrogen (secondary N) is 1. The van der Waals surface area contributed by atoms with Gasteiger partial charge in [0, 0.05) is 29.2 Å². The van der Waals surface area contributed by atoms with Gasteiger partial charge in [-0.1, -0.05) is 23.7 Å². The van der Waals surface area contributed by atoms with Crippen molar-refractivity contribution in [2.75, 3.05) is 0 Å². The quantitative estimate of drug-likeness (QED) is 0.528. The van der Waals surface area contributed by atoms with E-state index in [1.54, 1.807) is 30.5 Å². The molecule has 1 atom stereocenters. The highest BCUT2D eigenvalue weighted by Gasteiger charge is 2.22. The van der Waals surface area contributed by atoms with Crippen molar-refractivity contribution in [1.29, 1.82) is 0 Å². The predicted molar refractivity (Wildman–Crippen MR) is 106 cm³/mol. The van der Waals surface area contributed by atoms with Gasteiger partial charge in [-0.05, 0) is 47.3 Å². The number of fused-ring (bicyclic) bond motifs is 1. The van der Waals surface area contributed by atoms with E-state index in [9.17, 15) is 9.18 Å². The lowest BCUT2D eigenvalue weighted by molar-refractivity contribution is 0.0945. The summed E-state index contributed by atoms with van der Waals surface area (Å²) < 4.78 is 16.1. The number of halogens is 2. The van der Waals surface area contributed by atoms with Crippen molar-refractivity contribution in [1.82, 2.24) is 14.9 Å². The van der Waals surface area contributed by atoms with Crippen LogP contribution in [0.25, 0.3) is 10.1 Å². The third-order valence-electron chi connectivity index (χ3n) is 4.30. The summed E-state index contributed by atoms with van der Waals surface area (Å²) in [7, 11) is 1.87. The average molecular weight is 400 g/mol. The molecule has 0 saturated carbocycles. The predicted octanol–water partition coefficient (Wildman–Crippen LogP) is 4.95. The molecule has 1 amide bonds. The number of rotatable bonds is 4. The number of aryl methyl sites for hydroxylation is 1. The molecule has 0 saturated heterocycles. The van der Waals surface area contributed by atoms with Gasteiger partial charge in [0.1, 0.15) is 17.7 Å². The van der Waals surface area contributed by atoms with Gasteiger partial charge in [-0.3, -0.25) is 4.79 Å². The number of carbonyl (C=O) groups is 1. The fourth-order valence-electron chi connectivity index (χ4n) is 2.94. The fourth-order valence-corrected chi connectivity index (χ4v) is 4.01. The minimum absolute atomic E-state index is 0.237. The lowest BCUT2D eigenvalue weighted by atomic mass is 10.1. The molecule has 27 heavy (non-hydrogen) atoms. The maximum Gasteiger partial charge on any atom is 0.262 e. The fraction of sp³-hybridized carbons (Fsp3) is 0.100. The van der Waals surface area contributed by atoms with Crippen molar-refractivity contribution in [3.05, 3.63) is 88.0 Å². The van der Waals surface area contributed by atoms with Gasteiger partial charge in [0.05, 0.1) is 4.88 Å². The smallest absolute Gasteiger partial charge is 0.262 e. The molecule has 0 fully saturated rings. The van der Waals surface area contributed by atoms with Gasteiger partial charge in [0.15, 0.2) is 0 Å². The van der Waals surface area contributed by atoms with Crippen LogP contribution in [-0.2, 0) is 7.05 Å². The molecule has 0 aliphatic rings. The lowest BCUT2D eigenvalue weighted by Gasteiger charge is -2.19. The number of carbonyl (C=O) groups excluding carboxylic acids is 1. The molecule has 2 aromatic heterocycles. The lowest BCUT2D eigenvalue weighted by Crippen LogP contribution is -2.30. The van der Waals surface area contributed by atoms with Crippen LogP contribution in [0.5, 0.6) is 0 Å². The van der Waals surface area contributed by atoms with Crippen LogP contribution < -0.4 is 5.32 Å². The highest BCUT2D eigenvalue weighted by Crippen LogP contribution is 2.28. The molecule has 0 unspecified atom stereocenters. The number of thiophene rings is 1. The normalized spacial score (nSPS) is 12.3. The Morgan fingerprint density at radius 1 is 1.22 bits per heavy atom. The van der Waals surface area contributed by atoms with Crippen molar-refractivity contribution in [3.8, 4) is 0 Å². The molecule has 2 heterocycles. The van der Waals surface area contributed by atoms with Crippen LogP contribution in [0.15, 0.2) is 60.9 Å². The highest BCUT2D eigenvalue weighted by molar-refractivity contribution is 7.20. The highest BCUT2D eigenvalue weighted by atomic mass is 35.5. The zero-order chi connectivity index (χ0) is 19.0. The number of aromatic nitrogens is 2. The Morgan fingerprint density at radius 2 is 2.00 bits per heavy atom. The van der Waals surface area contributed by atoms with E-state index in [1.165, 1.54) is 23.5 Å². The van der Waals surface area contributed by atoms with Crippen molar-refractivity contribution < 1.29 is 9.18 Å². The minimum atomic E-state index is -0.434. The first-order valence-electron chi connectivity index (χ1n) is 8.24. The number of amides is 1. The largest absolute Gasteiger partial charge is 0.337 e. The summed E-state index contributed by atoms with van der Waals surface area (Å²) in [6, 6.07) is 13.1. The minimum Gasteiger partial charge on any atom is -0.337 e. The van der Waals surface area contributed by atoms with Crippen LogP contribution >= 0.6 is 22.9 Å². The molecule has 7 heteroatoms. The summed E-state index contributed by atoms with van der Waals surface area (Å²) in [5.74, 6) is 0.150. The van der Waals surface area contributed by atoms with Crippen molar-refractivity contribution in [3.63, 3.8) is 0 Å². The summed E-state index contributed by atoms with van der Waals surface area (Å²) in [6.07, 6.45) is 3.51. The third kappa shape index (κ3) is 3.59. The summed E-state index contributed by atoms with van der Waals surface area (Å²) >= 11 is 7.32. The molecule has 0 aliphatic carbocycles. The molecule has 0 bridgehead atoms. The molecule has 136 valence electrons. The molecule has 1 N–H and O–H groups in total. The van der Waals surface area contributed by atoms with Gasteiger partial charge in [-0.15, -0.1) is 11.3 Å². The van der Waals surface area contributed by atoms with Gasteiger partial charge in [-0.2, -0.15) is 0 Å². The molecule has 0 spiro atoms. The van der Waals surface area contributed by atoms with E-state index in [0.29, 0.717) is 21.1 Å². The van der Waals surface area contributed by atoms with Gasteiger partial charge in [0.2, 0.25) is 0 Å². The van der Waals surface area contributed by atoms with Crippen molar-refractivity contribution in [2.24, 2.45) is 7.05 Å². The van der Waals surface area contributed by atoms with Crippen LogP contribution in [0.1, 0.15) is 27.1 Å². The standard InChI is InChI=1S/C20H15ClFN3OS/c1-25-9-8-23-19(25)18(12-2-4-14(21)5-3-12)24-20(26)17-11-13-10-15(22)6-7-16(13)27-17/h2-11,18H,1H3,(H,24,26)/t18-/m1/s1. The van der Waals surface area contributed by atoms with E-state index in [4.69, 9.17) is 11.6 Å². The Balaban J connectivity index is 1.68. The van der Waals surface area contributed by atoms with Crippen LogP contribution in [-0.4, -0.2) is 15.5 Å². The second-order valence-corrected chi connectivity index (χ2v) is 7.67. The Labute approximate surface area is 164 Å². The summed E-state index contributed by atoms with van der Waals surface area (Å²) in [5, 5.41) is 4.37. The van der Waals surface area contributed by atoms with Gasteiger partial charge in [0.25, 0.3) is 5.91 Å². The second kappa shape index (κ2) is 7.13. The first-order valence-corrected chi connectivity index (χ1v) is 9.43. The Morgan fingerprint density at radius 3 is 2.70 bits per heavy atom. The van der Waals surface area contributed by atoms with Crippen molar-refractivity contribution >= 4 is 38.9 Å². The van der Waals surface area contributed by atoms with Crippen LogP contribution in [0, 0.1) is 5.82 Å². The van der Waals surface area contributed by atoms with Crippen LogP contribution in [0.2, 0.25) is 5.02 Å². The first-order chi connectivity index (χ1) is 13.0. The van der Waals surface area contributed by atoms with Gasteiger partial charge < -0.3 is 9.88 Å². The number of imidazole rings is 1. The summed E-state index contributed by atoms with van der Waals surface area (Å²) in [5.41, 5.74) is 0.870. The molecule has 0 radical (unpaired) electrons. The second-order valence-electron chi connectivity index (χ2n) is 6.15. The van der Waals surface area contributed by atoms with E-state index < -0.39 is 6.04 Å².